The number of aromatic hydroxyl groups is 1. The van der Waals surface area contributed by atoms with E-state index in [0.717, 1.165) is 17.8 Å². The minimum absolute atomic E-state index is 0.0154. The molecule has 29 heavy (non-hydrogen) atoms. The number of sulfonamides is 1. The maximum Gasteiger partial charge on any atom is 0.229 e. The van der Waals surface area contributed by atoms with Crippen molar-refractivity contribution in [3.8, 4) is 5.75 Å². The molecule has 3 rings (SSSR count). The van der Waals surface area contributed by atoms with Crippen molar-refractivity contribution in [2.45, 2.75) is 13.3 Å². The zero-order valence-corrected chi connectivity index (χ0v) is 17.7. The Morgan fingerprint density at radius 3 is 2.72 bits per heavy atom. The zero-order chi connectivity index (χ0) is 21.2. The molecule has 0 saturated carbocycles. The number of phenolic OH excluding ortho intramolecular Hbond substituents is 1. The molecule has 0 unspecified atom stereocenters. The first-order valence-corrected chi connectivity index (χ1v) is 11.3. The van der Waals surface area contributed by atoms with Gasteiger partial charge >= 0.3 is 0 Å². The smallest absolute Gasteiger partial charge is 0.229 e. The van der Waals surface area contributed by atoms with Crippen LogP contribution in [0.25, 0.3) is 10.9 Å². The number of hydrogen-bond donors (Lipinski definition) is 3. The predicted molar refractivity (Wildman–Crippen MR) is 114 cm³/mol. The monoisotopic (exact) mass is 453 g/mol. The SMILES string of the molecule is CCC(=O)Nc1cc(/N=N/c2snc3ccc(NS(C)(=O)=O)cc23)cc(Cl)c1O. The van der Waals surface area contributed by atoms with Crippen molar-refractivity contribution in [1.82, 2.24) is 4.37 Å². The van der Waals surface area contributed by atoms with Crippen LogP contribution < -0.4 is 10.0 Å². The highest BCUT2D eigenvalue weighted by atomic mass is 35.5. The fourth-order valence-electron chi connectivity index (χ4n) is 2.36. The summed E-state index contributed by atoms with van der Waals surface area (Å²) in [7, 11) is -3.42. The van der Waals surface area contributed by atoms with E-state index in [1.807, 2.05) is 0 Å². The molecule has 1 aromatic heterocycles. The fourth-order valence-corrected chi connectivity index (χ4v) is 3.81. The number of benzene rings is 2. The van der Waals surface area contributed by atoms with E-state index in [2.05, 4.69) is 24.6 Å². The summed E-state index contributed by atoms with van der Waals surface area (Å²) in [5, 5.41) is 21.9. The Morgan fingerprint density at radius 2 is 2.03 bits per heavy atom. The van der Waals surface area contributed by atoms with Gasteiger partial charge in [0.2, 0.25) is 15.9 Å². The molecule has 0 aliphatic rings. The molecule has 2 aromatic carbocycles. The number of fused-ring (bicyclic) bond motifs is 1. The van der Waals surface area contributed by atoms with Crippen molar-refractivity contribution >= 4 is 72.0 Å². The second-order valence-corrected chi connectivity index (χ2v) is 8.93. The van der Waals surface area contributed by atoms with Gasteiger partial charge in [0.15, 0.2) is 10.8 Å². The molecule has 0 radical (unpaired) electrons. The van der Waals surface area contributed by atoms with Crippen LogP contribution in [0.5, 0.6) is 5.75 Å². The third-order valence-corrected chi connectivity index (χ3v) is 5.32. The van der Waals surface area contributed by atoms with Gasteiger partial charge in [-0.15, -0.1) is 10.2 Å². The van der Waals surface area contributed by atoms with Gasteiger partial charge in [0, 0.05) is 17.5 Å². The van der Waals surface area contributed by atoms with E-state index in [1.165, 1.54) is 12.1 Å². The highest BCUT2D eigenvalue weighted by Gasteiger charge is 2.12. The standard InChI is InChI=1S/C17H16ClN5O4S2/c1-3-15(24)19-14-8-10(7-12(18)16(14)25)20-21-17-11-6-9(23-29(2,26)27)4-5-13(11)22-28-17/h4-8,23,25H,3H2,1-2H3,(H,19,24)/b21-20+. The van der Waals surface area contributed by atoms with Crippen molar-refractivity contribution in [2.75, 3.05) is 16.3 Å². The molecular formula is C17H16ClN5O4S2. The molecule has 1 heterocycles. The maximum atomic E-state index is 11.6. The number of carbonyl (C=O) groups excluding carboxylic acids is 1. The number of rotatable bonds is 6. The molecule has 0 bridgehead atoms. The van der Waals surface area contributed by atoms with Gasteiger partial charge in [-0.3, -0.25) is 9.52 Å². The number of carbonyl (C=O) groups is 1. The van der Waals surface area contributed by atoms with Crippen LogP contribution in [0.2, 0.25) is 5.02 Å². The average molecular weight is 454 g/mol. The number of nitrogens with zero attached hydrogens (tertiary/aromatic N) is 3. The van der Waals surface area contributed by atoms with Gasteiger partial charge in [-0.05, 0) is 41.9 Å². The topological polar surface area (TPSA) is 133 Å². The Kier molecular flexibility index (Phi) is 6.01. The van der Waals surface area contributed by atoms with E-state index < -0.39 is 10.0 Å². The molecule has 1 amide bonds. The van der Waals surface area contributed by atoms with Crippen LogP contribution in [0.3, 0.4) is 0 Å². The molecule has 3 aromatic rings. The number of halogens is 1. The summed E-state index contributed by atoms with van der Waals surface area (Å²) < 4.78 is 29.5. The van der Waals surface area contributed by atoms with Crippen LogP contribution in [0.15, 0.2) is 40.6 Å². The first-order valence-electron chi connectivity index (χ1n) is 8.27. The quantitative estimate of drug-likeness (QED) is 0.364. The first-order chi connectivity index (χ1) is 13.7. The summed E-state index contributed by atoms with van der Waals surface area (Å²) in [6.45, 7) is 1.68. The van der Waals surface area contributed by atoms with Crippen molar-refractivity contribution in [1.29, 1.82) is 0 Å². The van der Waals surface area contributed by atoms with Crippen LogP contribution >= 0.6 is 23.1 Å². The van der Waals surface area contributed by atoms with Crippen LogP contribution in [0.1, 0.15) is 13.3 Å². The third kappa shape index (κ3) is 5.19. The average Bonchev–Trinajstić information content (AvgIpc) is 3.04. The lowest BCUT2D eigenvalue weighted by Crippen LogP contribution is -2.09. The van der Waals surface area contributed by atoms with Crippen molar-refractivity contribution in [3.63, 3.8) is 0 Å². The van der Waals surface area contributed by atoms with E-state index in [4.69, 9.17) is 11.6 Å². The number of hydrogen-bond acceptors (Lipinski definition) is 8. The highest BCUT2D eigenvalue weighted by molar-refractivity contribution is 7.92. The lowest BCUT2D eigenvalue weighted by molar-refractivity contribution is -0.115. The molecule has 12 heteroatoms. The summed E-state index contributed by atoms with van der Waals surface area (Å²) in [6.07, 6.45) is 1.30. The lowest BCUT2D eigenvalue weighted by atomic mass is 10.2. The number of amides is 1. The minimum atomic E-state index is -3.42. The van der Waals surface area contributed by atoms with Crippen LogP contribution in [-0.2, 0) is 14.8 Å². The number of nitrogens with one attached hydrogen (secondary N) is 2. The van der Waals surface area contributed by atoms with E-state index in [1.54, 1.807) is 25.1 Å². The van der Waals surface area contributed by atoms with Crippen LogP contribution in [-0.4, -0.2) is 30.1 Å². The highest BCUT2D eigenvalue weighted by Crippen LogP contribution is 2.38. The summed E-state index contributed by atoms with van der Waals surface area (Å²) in [6, 6.07) is 7.74. The predicted octanol–water partition coefficient (Wildman–Crippen LogP) is 4.79. The fraction of sp³-hybridized carbons (Fsp3) is 0.176. The van der Waals surface area contributed by atoms with Crippen molar-refractivity contribution < 1.29 is 18.3 Å². The lowest BCUT2D eigenvalue weighted by Gasteiger charge is -2.08. The van der Waals surface area contributed by atoms with Crippen molar-refractivity contribution in [3.05, 3.63) is 35.4 Å². The van der Waals surface area contributed by atoms with Crippen molar-refractivity contribution in [2.24, 2.45) is 10.2 Å². The van der Waals surface area contributed by atoms with E-state index in [9.17, 15) is 18.3 Å². The van der Waals surface area contributed by atoms with Gasteiger partial charge in [0.25, 0.3) is 0 Å². The second kappa shape index (κ2) is 8.31. The first kappa shape index (κ1) is 21.0. The Morgan fingerprint density at radius 1 is 1.28 bits per heavy atom. The molecule has 9 nitrogen and oxygen atoms in total. The number of azo groups is 1. The minimum Gasteiger partial charge on any atom is -0.504 e. The summed E-state index contributed by atoms with van der Waals surface area (Å²) in [5.41, 5.74) is 1.47. The molecule has 0 aliphatic heterocycles. The van der Waals surface area contributed by atoms with Gasteiger partial charge in [-0.2, -0.15) is 4.37 Å². The molecule has 3 N–H and O–H groups in total. The molecule has 0 spiro atoms. The van der Waals surface area contributed by atoms with Gasteiger partial charge < -0.3 is 10.4 Å². The summed E-state index contributed by atoms with van der Waals surface area (Å²) >= 11 is 7.10. The number of phenols is 1. The van der Waals surface area contributed by atoms with E-state index in [0.29, 0.717) is 27.3 Å². The third-order valence-electron chi connectivity index (χ3n) is 3.66. The molecular weight excluding hydrogens is 438 g/mol. The van der Waals surface area contributed by atoms with Gasteiger partial charge in [0.1, 0.15) is 0 Å². The van der Waals surface area contributed by atoms with Gasteiger partial charge in [-0.25, -0.2) is 8.42 Å². The molecule has 152 valence electrons. The van der Waals surface area contributed by atoms with Crippen LogP contribution in [0.4, 0.5) is 22.1 Å². The molecule has 0 atom stereocenters. The molecule has 0 saturated heterocycles. The summed E-state index contributed by atoms with van der Waals surface area (Å²) in [5.74, 6) is -0.544. The van der Waals surface area contributed by atoms with Gasteiger partial charge in [0.05, 0.1) is 28.2 Å². The Balaban J connectivity index is 1.94. The zero-order valence-electron chi connectivity index (χ0n) is 15.3. The largest absolute Gasteiger partial charge is 0.504 e. The normalized spacial score (nSPS) is 11.8. The maximum absolute atomic E-state index is 11.6. The molecule has 0 aliphatic carbocycles. The molecule has 0 fully saturated rings. The number of anilines is 2. The van der Waals surface area contributed by atoms with E-state index in [-0.39, 0.29) is 28.8 Å². The Bertz CT molecular complexity index is 1220. The Labute approximate surface area is 175 Å². The Hall–Kier alpha value is -2.76. The van der Waals surface area contributed by atoms with E-state index >= 15 is 0 Å². The van der Waals surface area contributed by atoms with Crippen LogP contribution in [0, 0.1) is 0 Å². The summed E-state index contributed by atoms with van der Waals surface area (Å²) in [4.78, 5) is 11.6. The second-order valence-electron chi connectivity index (χ2n) is 6.02. The number of aromatic nitrogens is 1. The van der Waals surface area contributed by atoms with Gasteiger partial charge in [-0.1, -0.05) is 18.5 Å².